The Kier molecular flexibility index (Phi) is 6.07. The van der Waals surface area contributed by atoms with E-state index in [-0.39, 0.29) is 5.91 Å². The second kappa shape index (κ2) is 9.32. The van der Waals surface area contributed by atoms with E-state index in [2.05, 4.69) is 10.2 Å². The number of benzene rings is 3. The number of carbonyl (C=O) groups excluding carboxylic acids is 1. The molecule has 3 aromatic carbocycles. The monoisotopic (exact) mass is 486 g/mol. The number of anilines is 1. The van der Waals surface area contributed by atoms with Gasteiger partial charge in [0.1, 0.15) is 11.5 Å². The molecule has 1 amide bonds. The van der Waals surface area contributed by atoms with E-state index in [1.807, 2.05) is 77.2 Å². The van der Waals surface area contributed by atoms with Crippen LogP contribution in [0.3, 0.4) is 0 Å². The first-order valence-corrected chi connectivity index (χ1v) is 11.4. The summed E-state index contributed by atoms with van der Waals surface area (Å²) in [7, 11) is 3.03. The van der Waals surface area contributed by atoms with Crippen LogP contribution in [-0.2, 0) is 11.4 Å². The van der Waals surface area contributed by atoms with Gasteiger partial charge in [-0.25, -0.2) is 10.1 Å². The van der Waals surface area contributed by atoms with Crippen LogP contribution >= 0.6 is 11.6 Å². The predicted molar refractivity (Wildman–Crippen MR) is 135 cm³/mol. The third-order valence-electron chi connectivity index (χ3n) is 5.87. The number of rotatable bonds is 5. The van der Waals surface area contributed by atoms with E-state index >= 15 is 0 Å². The molecule has 1 aliphatic rings. The van der Waals surface area contributed by atoms with Crippen LogP contribution in [0.15, 0.2) is 77.9 Å². The fourth-order valence-corrected chi connectivity index (χ4v) is 4.13. The Morgan fingerprint density at radius 2 is 1.71 bits per heavy atom. The number of para-hydroxylation sites is 1. The van der Waals surface area contributed by atoms with Crippen molar-refractivity contribution in [2.24, 2.45) is 5.10 Å². The maximum atomic E-state index is 12.4. The van der Waals surface area contributed by atoms with Gasteiger partial charge in [0.2, 0.25) is 0 Å². The molecule has 5 rings (SSSR count). The SMILES string of the molecule is CON(C)C(=O)c1ccc(CN2N=C(c3ccc(Cl)cc3)c3ccccc3-n3c(C)nnc32)cc1. The summed E-state index contributed by atoms with van der Waals surface area (Å²) in [5.74, 6) is 1.15. The highest BCUT2D eigenvalue weighted by molar-refractivity contribution is 6.30. The average molecular weight is 487 g/mol. The summed E-state index contributed by atoms with van der Waals surface area (Å²) >= 11 is 6.15. The molecule has 35 heavy (non-hydrogen) atoms. The lowest BCUT2D eigenvalue weighted by Gasteiger charge is -2.18. The number of carbonyl (C=O) groups is 1. The van der Waals surface area contributed by atoms with Gasteiger partial charge in [0.25, 0.3) is 11.9 Å². The zero-order chi connectivity index (χ0) is 24.5. The van der Waals surface area contributed by atoms with Crippen molar-refractivity contribution in [3.05, 3.63) is 106 Å². The number of hydrogen-bond donors (Lipinski definition) is 0. The van der Waals surface area contributed by atoms with E-state index in [4.69, 9.17) is 21.5 Å². The first kappa shape index (κ1) is 22.8. The average Bonchev–Trinajstić information content (AvgIpc) is 3.21. The van der Waals surface area contributed by atoms with Crippen LogP contribution in [0, 0.1) is 6.92 Å². The number of halogens is 1. The Morgan fingerprint density at radius 1 is 1.00 bits per heavy atom. The van der Waals surface area contributed by atoms with Gasteiger partial charge in [0.05, 0.1) is 19.3 Å². The van der Waals surface area contributed by atoms with Crippen molar-refractivity contribution >= 4 is 29.2 Å². The summed E-state index contributed by atoms with van der Waals surface area (Å²) in [5, 5.41) is 17.5. The van der Waals surface area contributed by atoms with Gasteiger partial charge >= 0.3 is 0 Å². The lowest BCUT2D eigenvalue weighted by atomic mass is 10.0. The highest BCUT2D eigenvalue weighted by Crippen LogP contribution is 2.30. The van der Waals surface area contributed by atoms with Crippen molar-refractivity contribution in [1.82, 2.24) is 19.8 Å². The molecule has 0 saturated heterocycles. The van der Waals surface area contributed by atoms with E-state index in [1.165, 1.54) is 12.2 Å². The summed E-state index contributed by atoms with van der Waals surface area (Å²) in [6.07, 6.45) is 0. The lowest BCUT2D eigenvalue weighted by molar-refractivity contribution is -0.0756. The van der Waals surface area contributed by atoms with Gasteiger partial charge in [-0.15, -0.1) is 10.2 Å². The molecule has 0 radical (unpaired) electrons. The Balaban J connectivity index is 1.59. The molecular formula is C26H23ClN6O2. The zero-order valence-electron chi connectivity index (χ0n) is 19.5. The molecule has 2 heterocycles. The fraction of sp³-hybridized carbons (Fsp3) is 0.154. The maximum absolute atomic E-state index is 12.4. The number of fused-ring (bicyclic) bond motifs is 3. The van der Waals surface area contributed by atoms with Crippen molar-refractivity contribution < 1.29 is 9.63 Å². The smallest absolute Gasteiger partial charge is 0.274 e. The number of hydrogen-bond acceptors (Lipinski definition) is 6. The highest BCUT2D eigenvalue weighted by atomic mass is 35.5. The Morgan fingerprint density at radius 3 is 2.43 bits per heavy atom. The molecule has 1 aliphatic heterocycles. The van der Waals surface area contributed by atoms with Gasteiger partial charge in [-0.2, -0.15) is 5.10 Å². The molecule has 0 unspecified atom stereocenters. The number of amides is 1. The predicted octanol–water partition coefficient (Wildman–Crippen LogP) is 4.64. The van der Waals surface area contributed by atoms with Crippen LogP contribution in [0.4, 0.5) is 5.95 Å². The van der Waals surface area contributed by atoms with E-state index in [9.17, 15) is 4.79 Å². The summed E-state index contributed by atoms with van der Waals surface area (Å²) in [5.41, 5.74) is 5.14. The largest absolute Gasteiger partial charge is 0.277 e. The normalized spacial score (nSPS) is 12.5. The third kappa shape index (κ3) is 4.29. The number of aromatic nitrogens is 3. The van der Waals surface area contributed by atoms with E-state index in [0.717, 1.165) is 33.9 Å². The highest BCUT2D eigenvalue weighted by Gasteiger charge is 2.26. The maximum Gasteiger partial charge on any atom is 0.277 e. The molecule has 0 aliphatic carbocycles. The molecule has 4 aromatic rings. The molecule has 0 fully saturated rings. The second-order valence-electron chi connectivity index (χ2n) is 8.10. The van der Waals surface area contributed by atoms with Crippen LogP contribution in [0.5, 0.6) is 0 Å². The molecule has 0 N–H and O–H groups in total. The van der Waals surface area contributed by atoms with Crippen LogP contribution in [-0.4, -0.2) is 45.6 Å². The minimum absolute atomic E-state index is 0.220. The van der Waals surface area contributed by atoms with Crippen molar-refractivity contribution in [1.29, 1.82) is 0 Å². The summed E-state index contributed by atoms with van der Waals surface area (Å²) < 4.78 is 2.01. The fourth-order valence-electron chi connectivity index (χ4n) is 4.01. The zero-order valence-corrected chi connectivity index (χ0v) is 20.3. The van der Waals surface area contributed by atoms with Gasteiger partial charge in [-0.1, -0.05) is 54.1 Å². The third-order valence-corrected chi connectivity index (χ3v) is 6.12. The molecular weight excluding hydrogens is 464 g/mol. The van der Waals surface area contributed by atoms with E-state index in [1.54, 1.807) is 19.2 Å². The summed E-state index contributed by atoms with van der Waals surface area (Å²) in [6.45, 7) is 2.35. The summed E-state index contributed by atoms with van der Waals surface area (Å²) in [4.78, 5) is 17.4. The number of aryl methyl sites for hydroxylation is 1. The Hall–Kier alpha value is -4.01. The first-order valence-electron chi connectivity index (χ1n) is 11.0. The minimum Gasteiger partial charge on any atom is -0.274 e. The van der Waals surface area contributed by atoms with E-state index < -0.39 is 0 Å². The lowest BCUT2D eigenvalue weighted by Crippen LogP contribution is -2.25. The molecule has 0 saturated carbocycles. The van der Waals surface area contributed by atoms with Crippen molar-refractivity contribution in [3.63, 3.8) is 0 Å². The van der Waals surface area contributed by atoms with Crippen molar-refractivity contribution in [2.45, 2.75) is 13.5 Å². The van der Waals surface area contributed by atoms with Crippen molar-refractivity contribution in [3.8, 4) is 5.69 Å². The van der Waals surface area contributed by atoms with Crippen molar-refractivity contribution in [2.75, 3.05) is 19.2 Å². The molecule has 9 heteroatoms. The van der Waals surface area contributed by atoms with Gasteiger partial charge in [0.15, 0.2) is 0 Å². The second-order valence-corrected chi connectivity index (χ2v) is 8.53. The molecule has 0 atom stereocenters. The van der Waals surface area contributed by atoms with Crippen LogP contribution in [0.2, 0.25) is 5.02 Å². The Labute approximate surface area is 208 Å². The quantitative estimate of drug-likeness (QED) is 0.384. The standard InChI is InChI=1S/C26H23ClN6O2/c1-17-28-29-26-32(16-18-8-10-20(11-9-18)25(34)31(2)35-3)30-24(19-12-14-21(27)15-13-19)22-6-4-5-7-23(22)33(17)26/h4-15H,16H2,1-3H3. The molecule has 0 spiro atoms. The summed E-state index contributed by atoms with van der Waals surface area (Å²) in [6, 6.07) is 23.1. The minimum atomic E-state index is -0.220. The topological polar surface area (TPSA) is 75.8 Å². The number of hydrazone groups is 1. The van der Waals surface area contributed by atoms with Gasteiger partial charge < -0.3 is 0 Å². The van der Waals surface area contributed by atoms with Crippen LogP contribution in [0.25, 0.3) is 5.69 Å². The van der Waals surface area contributed by atoms with Crippen LogP contribution in [0.1, 0.15) is 32.9 Å². The molecule has 176 valence electrons. The molecule has 1 aromatic heterocycles. The van der Waals surface area contributed by atoms with Gasteiger partial charge in [-0.3, -0.25) is 14.2 Å². The molecule has 0 bridgehead atoms. The molecule has 8 nitrogen and oxygen atoms in total. The van der Waals surface area contributed by atoms with Crippen LogP contribution < -0.4 is 5.01 Å². The van der Waals surface area contributed by atoms with E-state index in [0.29, 0.717) is 23.1 Å². The number of nitrogens with zero attached hydrogens (tertiary/aromatic N) is 6. The Bertz CT molecular complexity index is 1410. The number of hydroxylamine groups is 2. The van der Waals surface area contributed by atoms with Gasteiger partial charge in [-0.05, 0) is 42.8 Å². The van der Waals surface area contributed by atoms with Gasteiger partial charge in [0, 0.05) is 28.8 Å². The first-order chi connectivity index (χ1) is 17.0.